The molecule has 0 spiro atoms. The Bertz CT molecular complexity index is 1550. The van der Waals surface area contributed by atoms with Crippen LogP contribution in [0.15, 0.2) is 140 Å². The van der Waals surface area contributed by atoms with Crippen molar-refractivity contribution in [1.82, 2.24) is 15.0 Å². The van der Waals surface area contributed by atoms with Crippen LogP contribution in [0.5, 0.6) is 0 Å². The van der Waals surface area contributed by atoms with Gasteiger partial charge in [-0.15, -0.1) is 0 Å². The van der Waals surface area contributed by atoms with Gasteiger partial charge in [-0.05, 0) is 88.0 Å². The van der Waals surface area contributed by atoms with Gasteiger partial charge < -0.3 is 0 Å². The lowest BCUT2D eigenvalue weighted by atomic mass is 9.92. The summed E-state index contributed by atoms with van der Waals surface area (Å²) < 4.78 is 0. The first kappa shape index (κ1) is 21.6. The lowest BCUT2D eigenvalue weighted by Gasteiger charge is -2.12. The number of rotatable bonds is 5. The SMILES string of the molecule is c1ccc(-c2cccc(-c3cccc(-c4cc(-c5cccnc5)cc(-c5cccnc5)c4)c3)c2)nc1. The van der Waals surface area contributed by atoms with Gasteiger partial charge in [-0.1, -0.05) is 54.6 Å². The van der Waals surface area contributed by atoms with Crippen molar-refractivity contribution in [1.29, 1.82) is 0 Å². The number of hydrogen-bond acceptors (Lipinski definition) is 3. The molecular weight excluding hydrogens is 438 g/mol. The molecule has 0 saturated carbocycles. The van der Waals surface area contributed by atoms with Crippen molar-refractivity contribution in [3.05, 3.63) is 140 Å². The standard InChI is InChI=1S/C33H23N3/c1-2-16-36-33(13-1)27-10-4-8-25(18-27)24-7-3-9-26(17-24)30-19-31(28-11-5-14-34-22-28)21-32(20-30)29-12-6-15-35-23-29/h1-23H. The van der Waals surface area contributed by atoms with E-state index in [1.807, 2.05) is 48.9 Å². The van der Waals surface area contributed by atoms with E-state index in [0.29, 0.717) is 0 Å². The van der Waals surface area contributed by atoms with Crippen LogP contribution in [0.2, 0.25) is 0 Å². The molecule has 0 N–H and O–H groups in total. The monoisotopic (exact) mass is 461 g/mol. The molecule has 6 aromatic rings. The molecule has 170 valence electrons. The van der Waals surface area contributed by atoms with Crippen molar-refractivity contribution in [2.24, 2.45) is 0 Å². The topological polar surface area (TPSA) is 38.7 Å². The molecule has 0 unspecified atom stereocenters. The number of pyridine rings is 3. The maximum atomic E-state index is 4.52. The average Bonchev–Trinajstić information content (AvgIpc) is 2.98. The minimum atomic E-state index is 0.973. The molecule has 0 aliphatic carbocycles. The molecule has 0 amide bonds. The Labute approximate surface area is 210 Å². The summed E-state index contributed by atoms with van der Waals surface area (Å²) in [6, 6.07) is 38.1. The Kier molecular flexibility index (Phi) is 5.87. The second-order valence-corrected chi connectivity index (χ2v) is 8.66. The molecule has 3 aromatic heterocycles. The van der Waals surface area contributed by atoms with Gasteiger partial charge in [0.05, 0.1) is 5.69 Å². The summed E-state index contributed by atoms with van der Waals surface area (Å²) in [6.07, 6.45) is 9.25. The third kappa shape index (κ3) is 4.55. The Morgan fingerprint density at radius 1 is 0.333 bits per heavy atom. The minimum absolute atomic E-state index is 0.973. The average molecular weight is 462 g/mol. The first-order valence-corrected chi connectivity index (χ1v) is 11.9. The molecule has 3 nitrogen and oxygen atoms in total. The number of benzene rings is 3. The summed E-state index contributed by atoms with van der Waals surface area (Å²) in [5, 5.41) is 0. The fourth-order valence-electron chi connectivity index (χ4n) is 4.46. The zero-order chi connectivity index (χ0) is 24.2. The van der Waals surface area contributed by atoms with Gasteiger partial charge in [0.25, 0.3) is 0 Å². The molecule has 0 atom stereocenters. The lowest BCUT2D eigenvalue weighted by molar-refractivity contribution is 1.32. The lowest BCUT2D eigenvalue weighted by Crippen LogP contribution is -1.88. The summed E-state index contributed by atoms with van der Waals surface area (Å²) in [4.78, 5) is 13.2. The number of hydrogen-bond donors (Lipinski definition) is 0. The maximum Gasteiger partial charge on any atom is 0.0702 e. The van der Waals surface area contributed by atoms with E-state index in [1.54, 1.807) is 12.4 Å². The first-order chi connectivity index (χ1) is 17.8. The molecule has 0 saturated heterocycles. The van der Waals surface area contributed by atoms with E-state index in [0.717, 1.165) is 50.2 Å². The molecule has 0 bridgehead atoms. The predicted molar refractivity (Wildman–Crippen MR) is 147 cm³/mol. The number of aromatic nitrogens is 3. The van der Waals surface area contributed by atoms with Crippen LogP contribution in [0, 0.1) is 0 Å². The third-order valence-corrected chi connectivity index (χ3v) is 6.28. The van der Waals surface area contributed by atoms with E-state index in [4.69, 9.17) is 0 Å². The van der Waals surface area contributed by atoms with Crippen LogP contribution in [-0.4, -0.2) is 15.0 Å². The molecule has 0 fully saturated rings. The quantitative estimate of drug-likeness (QED) is 0.260. The molecule has 0 aliphatic rings. The molecule has 3 aromatic carbocycles. The third-order valence-electron chi connectivity index (χ3n) is 6.28. The molecule has 36 heavy (non-hydrogen) atoms. The van der Waals surface area contributed by atoms with Gasteiger partial charge >= 0.3 is 0 Å². The molecular formula is C33H23N3. The summed E-state index contributed by atoms with van der Waals surface area (Å²) in [5.41, 5.74) is 11.1. The summed E-state index contributed by atoms with van der Waals surface area (Å²) in [6.45, 7) is 0. The Balaban J connectivity index is 1.45. The van der Waals surface area contributed by atoms with E-state index in [9.17, 15) is 0 Å². The predicted octanol–water partition coefficient (Wildman–Crippen LogP) is 8.21. The Morgan fingerprint density at radius 3 is 1.33 bits per heavy atom. The highest BCUT2D eigenvalue weighted by atomic mass is 14.7. The molecule has 3 heterocycles. The van der Waals surface area contributed by atoms with Gasteiger partial charge in [0.2, 0.25) is 0 Å². The Morgan fingerprint density at radius 2 is 0.806 bits per heavy atom. The highest BCUT2D eigenvalue weighted by molar-refractivity contribution is 5.83. The van der Waals surface area contributed by atoms with Crippen LogP contribution in [0.25, 0.3) is 55.8 Å². The van der Waals surface area contributed by atoms with Crippen molar-refractivity contribution in [2.75, 3.05) is 0 Å². The smallest absolute Gasteiger partial charge is 0.0702 e. The zero-order valence-corrected chi connectivity index (χ0v) is 19.6. The molecule has 0 aliphatic heterocycles. The maximum absolute atomic E-state index is 4.52. The second-order valence-electron chi connectivity index (χ2n) is 8.66. The normalized spacial score (nSPS) is 10.8. The van der Waals surface area contributed by atoms with Crippen molar-refractivity contribution >= 4 is 0 Å². The van der Waals surface area contributed by atoms with Gasteiger partial charge in [-0.25, -0.2) is 0 Å². The fourth-order valence-corrected chi connectivity index (χ4v) is 4.46. The first-order valence-electron chi connectivity index (χ1n) is 11.9. The van der Waals surface area contributed by atoms with E-state index in [1.165, 1.54) is 5.56 Å². The second kappa shape index (κ2) is 9.77. The fraction of sp³-hybridized carbons (Fsp3) is 0. The zero-order valence-electron chi connectivity index (χ0n) is 19.6. The van der Waals surface area contributed by atoms with Crippen LogP contribution in [0.1, 0.15) is 0 Å². The highest BCUT2D eigenvalue weighted by Gasteiger charge is 2.09. The van der Waals surface area contributed by atoms with E-state index in [2.05, 4.69) is 93.8 Å². The van der Waals surface area contributed by atoms with E-state index in [-0.39, 0.29) is 0 Å². The highest BCUT2D eigenvalue weighted by Crippen LogP contribution is 2.34. The molecule has 0 radical (unpaired) electrons. The van der Waals surface area contributed by atoms with Crippen LogP contribution >= 0.6 is 0 Å². The summed E-state index contributed by atoms with van der Waals surface area (Å²) >= 11 is 0. The van der Waals surface area contributed by atoms with Crippen LogP contribution in [-0.2, 0) is 0 Å². The minimum Gasteiger partial charge on any atom is -0.264 e. The van der Waals surface area contributed by atoms with Crippen LogP contribution in [0.4, 0.5) is 0 Å². The largest absolute Gasteiger partial charge is 0.264 e. The molecule has 3 heteroatoms. The van der Waals surface area contributed by atoms with Gasteiger partial charge in [-0.3, -0.25) is 15.0 Å². The van der Waals surface area contributed by atoms with Crippen molar-refractivity contribution in [3.63, 3.8) is 0 Å². The molecule has 6 rings (SSSR count). The summed E-state index contributed by atoms with van der Waals surface area (Å²) in [7, 11) is 0. The van der Waals surface area contributed by atoms with Gasteiger partial charge in [0.1, 0.15) is 0 Å². The van der Waals surface area contributed by atoms with Gasteiger partial charge in [0, 0.05) is 47.7 Å². The van der Waals surface area contributed by atoms with Crippen LogP contribution < -0.4 is 0 Å². The van der Waals surface area contributed by atoms with Crippen molar-refractivity contribution in [2.45, 2.75) is 0 Å². The number of nitrogens with zero attached hydrogens (tertiary/aromatic N) is 3. The van der Waals surface area contributed by atoms with Crippen molar-refractivity contribution in [3.8, 4) is 55.8 Å². The van der Waals surface area contributed by atoms with E-state index < -0.39 is 0 Å². The summed E-state index contributed by atoms with van der Waals surface area (Å²) in [5.74, 6) is 0. The van der Waals surface area contributed by atoms with Crippen molar-refractivity contribution < 1.29 is 0 Å². The van der Waals surface area contributed by atoms with Gasteiger partial charge in [-0.2, -0.15) is 0 Å². The van der Waals surface area contributed by atoms with E-state index >= 15 is 0 Å². The Hall–Kier alpha value is -4.89. The van der Waals surface area contributed by atoms with Gasteiger partial charge in [0.15, 0.2) is 0 Å². The van der Waals surface area contributed by atoms with Crippen LogP contribution in [0.3, 0.4) is 0 Å².